The van der Waals surface area contributed by atoms with Gasteiger partial charge in [0.2, 0.25) is 11.8 Å². The zero-order chi connectivity index (χ0) is 17.3. The molecule has 124 valence electrons. The molecule has 3 rings (SSSR count). The number of carbonyl (C=O) groups excluding carboxylic acids is 2. The maximum Gasteiger partial charge on any atom is 0.232 e. The summed E-state index contributed by atoms with van der Waals surface area (Å²) in [4.78, 5) is 27.9. The fraction of sp³-hybridized carbons (Fsp3) is 0.222. The SMILES string of the molecule is CN(C(=O)C1CC(=O)N(c2ccccc2F)C1)c1ccccc1Br. The predicted molar refractivity (Wildman–Crippen MR) is 94.4 cm³/mol. The first-order chi connectivity index (χ1) is 11.5. The summed E-state index contributed by atoms with van der Waals surface area (Å²) in [5.41, 5.74) is 0.959. The standard InChI is InChI=1S/C18H16BrFN2O2/c1-21(15-8-4-2-6-13(15)19)18(24)12-10-17(23)22(11-12)16-9-5-3-7-14(16)20/h2-9,12H,10-11H2,1H3. The van der Waals surface area contributed by atoms with E-state index >= 15 is 0 Å². The van der Waals surface area contributed by atoms with E-state index in [4.69, 9.17) is 0 Å². The van der Waals surface area contributed by atoms with Crippen molar-refractivity contribution in [3.63, 3.8) is 0 Å². The number of halogens is 2. The van der Waals surface area contributed by atoms with Crippen LogP contribution in [0.2, 0.25) is 0 Å². The number of anilines is 2. The monoisotopic (exact) mass is 390 g/mol. The van der Waals surface area contributed by atoms with Gasteiger partial charge in [-0.15, -0.1) is 0 Å². The number of hydrogen-bond donors (Lipinski definition) is 0. The number of nitrogens with zero attached hydrogens (tertiary/aromatic N) is 2. The van der Waals surface area contributed by atoms with Crippen molar-refractivity contribution in [2.45, 2.75) is 6.42 Å². The predicted octanol–water partition coefficient (Wildman–Crippen LogP) is 3.60. The quantitative estimate of drug-likeness (QED) is 0.802. The molecule has 0 aliphatic carbocycles. The van der Waals surface area contributed by atoms with Crippen LogP contribution in [0.15, 0.2) is 53.0 Å². The molecule has 1 saturated heterocycles. The van der Waals surface area contributed by atoms with Crippen molar-refractivity contribution >= 4 is 39.1 Å². The average molecular weight is 391 g/mol. The van der Waals surface area contributed by atoms with Gasteiger partial charge < -0.3 is 9.80 Å². The van der Waals surface area contributed by atoms with Crippen LogP contribution in [0.25, 0.3) is 0 Å². The Kier molecular flexibility index (Phi) is 4.66. The first-order valence-electron chi connectivity index (χ1n) is 7.56. The zero-order valence-corrected chi connectivity index (χ0v) is 14.7. The first-order valence-corrected chi connectivity index (χ1v) is 8.35. The van der Waals surface area contributed by atoms with E-state index in [9.17, 15) is 14.0 Å². The molecule has 2 aromatic carbocycles. The molecular formula is C18H16BrFN2O2. The Morgan fingerprint density at radius 1 is 1.21 bits per heavy atom. The van der Waals surface area contributed by atoms with Gasteiger partial charge in [-0.25, -0.2) is 4.39 Å². The van der Waals surface area contributed by atoms with Crippen LogP contribution in [0, 0.1) is 11.7 Å². The summed E-state index contributed by atoms with van der Waals surface area (Å²) < 4.78 is 14.7. The molecule has 0 aromatic heterocycles. The van der Waals surface area contributed by atoms with Gasteiger partial charge in [0.05, 0.1) is 17.3 Å². The van der Waals surface area contributed by atoms with Gasteiger partial charge in [0.1, 0.15) is 5.82 Å². The Hall–Kier alpha value is -2.21. The van der Waals surface area contributed by atoms with E-state index in [-0.39, 0.29) is 30.5 Å². The van der Waals surface area contributed by atoms with Crippen LogP contribution in [0.3, 0.4) is 0 Å². The number of para-hydroxylation sites is 2. The lowest BCUT2D eigenvalue weighted by molar-refractivity contribution is -0.124. The maximum absolute atomic E-state index is 13.9. The topological polar surface area (TPSA) is 40.6 Å². The highest BCUT2D eigenvalue weighted by atomic mass is 79.9. The molecule has 0 saturated carbocycles. The van der Waals surface area contributed by atoms with E-state index in [1.165, 1.54) is 15.9 Å². The molecule has 1 aliphatic rings. The molecule has 6 heteroatoms. The molecule has 2 amide bonds. The maximum atomic E-state index is 13.9. The van der Waals surface area contributed by atoms with Gasteiger partial charge in [0.15, 0.2) is 0 Å². The van der Waals surface area contributed by atoms with Crippen LogP contribution < -0.4 is 9.80 Å². The molecule has 1 unspecified atom stereocenters. The van der Waals surface area contributed by atoms with Gasteiger partial charge in [-0.05, 0) is 40.2 Å². The molecule has 1 aliphatic heterocycles. The zero-order valence-electron chi connectivity index (χ0n) is 13.1. The number of hydrogen-bond acceptors (Lipinski definition) is 2. The minimum atomic E-state index is -0.491. The average Bonchev–Trinajstić information content (AvgIpc) is 2.96. The fourth-order valence-electron chi connectivity index (χ4n) is 2.89. The Balaban J connectivity index is 1.80. The summed E-state index contributed by atoms with van der Waals surface area (Å²) in [7, 11) is 1.68. The summed E-state index contributed by atoms with van der Waals surface area (Å²) in [6.45, 7) is 0.188. The third kappa shape index (κ3) is 3.06. The summed E-state index contributed by atoms with van der Waals surface area (Å²) in [5, 5.41) is 0. The molecule has 0 N–H and O–H groups in total. The van der Waals surface area contributed by atoms with Crippen LogP contribution in [0.5, 0.6) is 0 Å². The molecule has 1 atom stereocenters. The highest BCUT2D eigenvalue weighted by Gasteiger charge is 2.37. The van der Waals surface area contributed by atoms with Crippen LogP contribution >= 0.6 is 15.9 Å². The van der Waals surface area contributed by atoms with Crippen molar-refractivity contribution in [1.29, 1.82) is 0 Å². The van der Waals surface area contributed by atoms with Crippen molar-refractivity contribution in [3.05, 3.63) is 58.8 Å². The van der Waals surface area contributed by atoms with Gasteiger partial charge in [-0.2, -0.15) is 0 Å². The second kappa shape index (κ2) is 6.73. The Morgan fingerprint density at radius 3 is 2.58 bits per heavy atom. The van der Waals surface area contributed by atoms with Gasteiger partial charge in [-0.3, -0.25) is 9.59 Å². The van der Waals surface area contributed by atoms with E-state index in [0.29, 0.717) is 0 Å². The lowest BCUT2D eigenvalue weighted by Crippen LogP contribution is -2.35. The molecular weight excluding hydrogens is 375 g/mol. The normalized spacial score (nSPS) is 17.2. The molecule has 24 heavy (non-hydrogen) atoms. The molecule has 4 nitrogen and oxygen atoms in total. The van der Waals surface area contributed by atoms with Gasteiger partial charge >= 0.3 is 0 Å². The molecule has 0 radical (unpaired) electrons. The largest absolute Gasteiger partial charge is 0.314 e. The van der Waals surface area contributed by atoms with Gasteiger partial charge in [0, 0.05) is 24.5 Å². The summed E-state index contributed by atoms with van der Waals surface area (Å²) in [6, 6.07) is 13.5. The molecule has 1 fully saturated rings. The van der Waals surface area contributed by atoms with Crippen molar-refractivity contribution < 1.29 is 14.0 Å². The summed E-state index contributed by atoms with van der Waals surface area (Å²) >= 11 is 3.42. The van der Waals surface area contributed by atoms with Crippen LogP contribution in [0.4, 0.5) is 15.8 Å². The summed E-state index contributed by atoms with van der Waals surface area (Å²) in [6.07, 6.45) is 0.0853. The highest BCUT2D eigenvalue weighted by molar-refractivity contribution is 9.10. The third-order valence-electron chi connectivity index (χ3n) is 4.16. The molecule has 0 bridgehead atoms. The second-order valence-electron chi connectivity index (χ2n) is 5.71. The van der Waals surface area contributed by atoms with Crippen LogP contribution in [-0.4, -0.2) is 25.4 Å². The van der Waals surface area contributed by atoms with Gasteiger partial charge in [0.25, 0.3) is 0 Å². The lowest BCUT2D eigenvalue weighted by Gasteiger charge is -2.22. The fourth-order valence-corrected chi connectivity index (χ4v) is 3.44. The van der Waals surface area contributed by atoms with Gasteiger partial charge in [-0.1, -0.05) is 24.3 Å². The van der Waals surface area contributed by atoms with E-state index in [0.717, 1.165) is 10.2 Å². The van der Waals surface area contributed by atoms with E-state index < -0.39 is 11.7 Å². The third-order valence-corrected chi connectivity index (χ3v) is 4.83. The summed E-state index contributed by atoms with van der Waals surface area (Å²) in [5.74, 6) is -1.35. The van der Waals surface area contributed by atoms with Crippen LogP contribution in [-0.2, 0) is 9.59 Å². The minimum absolute atomic E-state index is 0.0853. The molecule has 2 aromatic rings. The molecule has 0 spiro atoms. The lowest BCUT2D eigenvalue weighted by atomic mass is 10.1. The Bertz CT molecular complexity index is 796. The van der Waals surface area contributed by atoms with E-state index in [2.05, 4.69) is 15.9 Å². The van der Waals surface area contributed by atoms with Crippen molar-refractivity contribution in [2.24, 2.45) is 5.92 Å². The number of benzene rings is 2. The first kappa shape index (κ1) is 16.6. The van der Waals surface area contributed by atoms with E-state index in [1.807, 2.05) is 24.3 Å². The van der Waals surface area contributed by atoms with Crippen molar-refractivity contribution in [2.75, 3.05) is 23.4 Å². The van der Waals surface area contributed by atoms with E-state index in [1.54, 1.807) is 25.2 Å². The number of amides is 2. The molecule has 1 heterocycles. The number of carbonyl (C=O) groups is 2. The Labute approximate surface area is 148 Å². The smallest absolute Gasteiger partial charge is 0.232 e. The Morgan fingerprint density at radius 2 is 1.88 bits per heavy atom. The second-order valence-corrected chi connectivity index (χ2v) is 6.56. The van der Waals surface area contributed by atoms with Crippen LogP contribution in [0.1, 0.15) is 6.42 Å². The number of rotatable bonds is 3. The minimum Gasteiger partial charge on any atom is -0.314 e. The van der Waals surface area contributed by atoms with Crippen molar-refractivity contribution in [3.8, 4) is 0 Å². The van der Waals surface area contributed by atoms with Crippen molar-refractivity contribution in [1.82, 2.24) is 0 Å². The highest BCUT2D eigenvalue weighted by Crippen LogP contribution is 2.31.